The maximum absolute atomic E-state index is 10.7. The third kappa shape index (κ3) is 6.80. The average Bonchev–Trinajstić information content (AvgIpc) is 2.09. The SMILES string of the molecule is COCCN(C/C=C/C(C)=O)C(C)C. The van der Waals surface area contributed by atoms with E-state index in [1.54, 1.807) is 20.1 Å². The van der Waals surface area contributed by atoms with E-state index < -0.39 is 0 Å². The first-order valence-electron chi connectivity index (χ1n) is 4.98. The molecule has 0 unspecified atom stereocenters. The second-order valence-corrected chi connectivity index (χ2v) is 3.59. The van der Waals surface area contributed by atoms with E-state index in [4.69, 9.17) is 4.74 Å². The fraction of sp³-hybridized carbons (Fsp3) is 0.727. The molecule has 0 saturated heterocycles. The second-order valence-electron chi connectivity index (χ2n) is 3.59. The minimum atomic E-state index is 0.0976. The molecule has 0 aromatic carbocycles. The lowest BCUT2D eigenvalue weighted by Gasteiger charge is -2.24. The van der Waals surface area contributed by atoms with Gasteiger partial charge >= 0.3 is 0 Å². The maximum atomic E-state index is 10.7. The van der Waals surface area contributed by atoms with Crippen LogP contribution in [0.1, 0.15) is 20.8 Å². The van der Waals surface area contributed by atoms with Gasteiger partial charge in [-0.3, -0.25) is 9.69 Å². The quantitative estimate of drug-likeness (QED) is 0.582. The molecular formula is C11H21NO2. The van der Waals surface area contributed by atoms with Gasteiger partial charge in [-0.2, -0.15) is 0 Å². The monoisotopic (exact) mass is 199 g/mol. The molecule has 0 spiro atoms. The van der Waals surface area contributed by atoms with Crippen LogP contribution >= 0.6 is 0 Å². The first-order chi connectivity index (χ1) is 6.57. The molecule has 0 radical (unpaired) electrons. The summed E-state index contributed by atoms with van der Waals surface area (Å²) in [6.07, 6.45) is 3.51. The second kappa shape index (κ2) is 7.71. The fourth-order valence-corrected chi connectivity index (χ4v) is 1.12. The summed E-state index contributed by atoms with van der Waals surface area (Å²) in [4.78, 5) is 12.9. The minimum absolute atomic E-state index is 0.0976. The fourth-order valence-electron chi connectivity index (χ4n) is 1.12. The average molecular weight is 199 g/mol. The van der Waals surface area contributed by atoms with Gasteiger partial charge < -0.3 is 4.74 Å². The van der Waals surface area contributed by atoms with Gasteiger partial charge in [-0.15, -0.1) is 0 Å². The van der Waals surface area contributed by atoms with Crippen LogP contribution < -0.4 is 0 Å². The standard InChI is InChI=1S/C11H21NO2/c1-10(2)12(8-9-14-4)7-5-6-11(3)13/h5-6,10H,7-9H2,1-4H3/b6-5+. The number of nitrogens with zero attached hydrogens (tertiary/aromatic N) is 1. The van der Waals surface area contributed by atoms with Crippen LogP contribution in [-0.4, -0.2) is 43.5 Å². The predicted molar refractivity (Wildman–Crippen MR) is 58.4 cm³/mol. The Kier molecular flexibility index (Phi) is 7.34. The zero-order valence-electron chi connectivity index (χ0n) is 9.62. The predicted octanol–water partition coefficient (Wildman–Crippen LogP) is 1.49. The van der Waals surface area contributed by atoms with E-state index in [1.165, 1.54) is 0 Å². The Labute approximate surface area is 86.7 Å². The van der Waals surface area contributed by atoms with Crippen molar-refractivity contribution in [3.05, 3.63) is 12.2 Å². The number of allylic oxidation sites excluding steroid dienone is 1. The Morgan fingerprint density at radius 3 is 2.57 bits per heavy atom. The molecule has 0 aliphatic heterocycles. The third-order valence-electron chi connectivity index (χ3n) is 2.01. The topological polar surface area (TPSA) is 29.5 Å². The van der Waals surface area contributed by atoms with Crippen molar-refractivity contribution in [1.82, 2.24) is 4.90 Å². The molecular weight excluding hydrogens is 178 g/mol. The van der Waals surface area contributed by atoms with Crippen LogP contribution in [-0.2, 0) is 9.53 Å². The van der Waals surface area contributed by atoms with Gasteiger partial charge in [-0.25, -0.2) is 0 Å². The normalized spacial score (nSPS) is 11.9. The molecule has 0 aromatic heterocycles. The highest BCUT2D eigenvalue weighted by Gasteiger charge is 2.06. The molecule has 14 heavy (non-hydrogen) atoms. The minimum Gasteiger partial charge on any atom is -0.383 e. The summed E-state index contributed by atoms with van der Waals surface area (Å²) in [5, 5.41) is 0. The molecule has 0 aliphatic carbocycles. The van der Waals surface area contributed by atoms with Gasteiger partial charge in [0.2, 0.25) is 0 Å². The van der Waals surface area contributed by atoms with E-state index in [1.807, 2.05) is 6.08 Å². The number of rotatable bonds is 7. The van der Waals surface area contributed by atoms with Crippen molar-refractivity contribution in [3.8, 4) is 0 Å². The smallest absolute Gasteiger partial charge is 0.152 e. The first-order valence-corrected chi connectivity index (χ1v) is 4.98. The van der Waals surface area contributed by atoms with Crippen LogP contribution in [0.15, 0.2) is 12.2 Å². The van der Waals surface area contributed by atoms with Crippen molar-refractivity contribution >= 4 is 5.78 Å². The highest BCUT2D eigenvalue weighted by molar-refractivity contribution is 5.87. The largest absolute Gasteiger partial charge is 0.383 e. The summed E-state index contributed by atoms with van der Waals surface area (Å²) in [5.74, 6) is 0.0976. The number of hydrogen-bond donors (Lipinski definition) is 0. The van der Waals surface area contributed by atoms with Crippen molar-refractivity contribution in [1.29, 1.82) is 0 Å². The van der Waals surface area contributed by atoms with Crippen molar-refractivity contribution < 1.29 is 9.53 Å². The van der Waals surface area contributed by atoms with E-state index >= 15 is 0 Å². The van der Waals surface area contributed by atoms with E-state index in [0.29, 0.717) is 6.04 Å². The van der Waals surface area contributed by atoms with Gasteiger partial charge in [0.25, 0.3) is 0 Å². The number of hydrogen-bond acceptors (Lipinski definition) is 3. The number of ether oxygens (including phenoxy) is 1. The van der Waals surface area contributed by atoms with Gasteiger partial charge in [0.15, 0.2) is 5.78 Å². The molecule has 0 saturated carbocycles. The molecule has 3 nitrogen and oxygen atoms in total. The van der Waals surface area contributed by atoms with Crippen LogP contribution in [0.4, 0.5) is 0 Å². The van der Waals surface area contributed by atoms with Crippen LogP contribution in [0.3, 0.4) is 0 Å². The van der Waals surface area contributed by atoms with Gasteiger partial charge in [-0.1, -0.05) is 6.08 Å². The van der Waals surface area contributed by atoms with Gasteiger partial charge in [0, 0.05) is 26.2 Å². The van der Waals surface area contributed by atoms with Gasteiger partial charge in [0.1, 0.15) is 0 Å². The van der Waals surface area contributed by atoms with Crippen LogP contribution in [0.5, 0.6) is 0 Å². The maximum Gasteiger partial charge on any atom is 0.152 e. The van der Waals surface area contributed by atoms with Crippen LogP contribution in [0.2, 0.25) is 0 Å². The molecule has 0 heterocycles. The van der Waals surface area contributed by atoms with Crippen molar-refractivity contribution in [2.24, 2.45) is 0 Å². The Morgan fingerprint density at radius 1 is 1.50 bits per heavy atom. The van der Waals surface area contributed by atoms with E-state index in [0.717, 1.165) is 19.7 Å². The molecule has 0 N–H and O–H groups in total. The lowest BCUT2D eigenvalue weighted by molar-refractivity contribution is -0.112. The zero-order chi connectivity index (χ0) is 11.0. The number of ketones is 1. The van der Waals surface area contributed by atoms with Crippen molar-refractivity contribution in [2.45, 2.75) is 26.8 Å². The Bertz CT molecular complexity index is 188. The summed E-state index contributed by atoms with van der Waals surface area (Å²) in [5.41, 5.74) is 0. The molecule has 0 fully saturated rings. The molecule has 0 aliphatic rings. The first kappa shape index (κ1) is 13.3. The summed E-state index contributed by atoms with van der Waals surface area (Å²) in [7, 11) is 1.70. The van der Waals surface area contributed by atoms with Crippen LogP contribution in [0, 0.1) is 0 Å². The lowest BCUT2D eigenvalue weighted by atomic mass is 10.3. The highest BCUT2D eigenvalue weighted by Crippen LogP contribution is 1.97. The Balaban J connectivity index is 3.90. The molecule has 0 aromatic rings. The summed E-state index contributed by atoms with van der Waals surface area (Å²) < 4.78 is 5.02. The van der Waals surface area contributed by atoms with Crippen molar-refractivity contribution in [3.63, 3.8) is 0 Å². The van der Waals surface area contributed by atoms with Crippen LogP contribution in [0.25, 0.3) is 0 Å². The zero-order valence-corrected chi connectivity index (χ0v) is 9.62. The van der Waals surface area contributed by atoms with Crippen molar-refractivity contribution in [2.75, 3.05) is 26.8 Å². The van der Waals surface area contributed by atoms with E-state index in [2.05, 4.69) is 18.7 Å². The van der Waals surface area contributed by atoms with Gasteiger partial charge in [0.05, 0.1) is 6.61 Å². The molecule has 0 rings (SSSR count). The Morgan fingerprint density at radius 2 is 2.14 bits per heavy atom. The van der Waals surface area contributed by atoms with Gasteiger partial charge in [-0.05, 0) is 26.8 Å². The lowest BCUT2D eigenvalue weighted by Crippen LogP contribution is -2.33. The summed E-state index contributed by atoms with van der Waals surface area (Å²) in [6.45, 7) is 8.27. The summed E-state index contributed by atoms with van der Waals surface area (Å²) >= 11 is 0. The number of methoxy groups -OCH3 is 1. The molecule has 0 bridgehead atoms. The molecule has 3 heteroatoms. The number of carbonyl (C=O) groups is 1. The molecule has 0 amide bonds. The number of carbonyl (C=O) groups excluding carboxylic acids is 1. The Hall–Kier alpha value is -0.670. The van der Waals surface area contributed by atoms with E-state index in [-0.39, 0.29) is 5.78 Å². The highest BCUT2D eigenvalue weighted by atomic mass is 16.5. The molecule has 82 valence electrons. The molecule has 0 atom stereocenters. The third-order valence-corrected chi connectivity index (χ3v) is 2.01. The summed E-state index contributed by atoms with van der Waals surface area (Å²) in [6, 6.07) is 0.474. The van der Waals surface area contributed by atoms with E-state index in [9.17, 15) is 4.79 Å².